The molecule has 0 aliphatic carbocycles. The van der Waals surface area contributed by atoms with Gasteiger partial charge < -0.3 is 9.64 Å². The van der Waals surface area contributed by atoms with Crippen LogP contribution in [0.3, 0.4) is 0 Å². The molecule has 214 valence electrons. The second kappa shape index (κ2) is 10.5. The van der Waals surface area contributed by atoms with Gasteiger partial charge in [-0.15, -0.1) is 16.7 Å². The molecule has 0 saturated carbocycles. The first-order valence-electron chi connectivity index (χ1n) is 12.9. The summed E-state index contributed by atoms with van der Waals surface area (Å²) in [5.41, 5.74) is 0.276. The van der Waals surface area contributed by atoms with Gasteiger partial charge in [0.1, 0.15) is 15.6 Å². The summed E-state index contributed by atoms with van der Waals surface area (Å²) in [7, 11) is -2.64. The molecule has 41 heavy (non-hydrogen) atoms. The third-order valence-corrected chi connectivity index (χ3v) is 10.7. The van der Waals surface area contributed by atoms with Gasteiger partial charge in [0, 0.05) is 12.5 Å². The molecule has 2 aromatic carbocycles. The Labute approximate surface area is 248 Å². The zero-order valence-electron chi connectivity index (χ0n) is 23.1. The largest absolute Gasteiger partial charge is 0.460 e. The molecule has 9 nitrogen and oxygen atoms in total. The fourth-order valence-electron chi connectivity index (χ4n) is 5.12. The zero-order valence-corrected chi connectivity index (χ0v) is 25.5. The number of ether oxygens (including phenoxy) is 1. The monoisotopic (exact) mass is 612 g/mol. The van der Waals surface area contributed by atoms with Crippen molar-refractivity contribution in [2.75, 3.05) is 0 Å². The number of Topliss-reactive ketones (excluding diaryl/α,β-unsaturated/α-hetero) is 1. The maximum Gasteiger partial charge on any atom is 0.335 e. The van der Waals surface area contributed by atoms with Crippen molar-refractivity contribution < 1.29 is 17.9 Å². The van der Waals surface area contributed by atoms with Gasteiger partial charge in [-0.05, 0) is 23.6 Å². The van der Waals surface area contributed by atoms with E-state index in [0.29, 0.717) is 0 Å². The van der Waals surface area contributed by atoms with Crippen molar-refractivity contribution in [3.8, 4) is 5.88 Å². The van der Waals surface area contributed by atoms with Crippen molar-refractivity contribution in [2.45, 2.75) is 49.8 Å². The number of benzene rings is 2. The molecule has 1 unspecified atom stereocenters. The van der Waals surface area contributed by atoms with Gasteiger partial charge in [-0.3, -0.25) is 9.59 Å². The lowest BCUT2D eigenvalue weighted by atomic mass is 9.85. The highest BCUT2D eigenvalue weighted by Crippen LogP contribution is 2.49. The quantitative estimate of drug-likeness (QED) is 0.297. The van der Waals surface area contributed by atoms with Crippen LogP contribution in [0.25, 0.3) is 0 Å². The highest BCUT2D eigenvalue weighted by atomic mass is 35.5. The van der Waals surface area contributed by atoms with Crippen LogP contribution in [0.5, 0.6) is 5.88 Å². The molecule has 3 aromatic rings. The van der Waals surface area contributed by atoms with E-state index >= 15 is 0 Å². The summed E-state index contributed by atoms with van der Waals surface area (Å²) in [6, 6.07) is 18.7. The molecule has 1 saturated heterocycles. The number of fused-ring (bicyclic) bond motifs is 1. The number of carbonyl (C=O) groups is 1. The van der Waals surface area contributed by atoms with Crippen LogP contribution < -0.4 is 10.3 Å². The van der Waals surface area contributed by atoms with Gasteiger partial charge in [0.25, 0.3) is 0 Å². The number of halogens is 1. The van der Waals surface area contributed by atoms with E-state index in [1.807, 2.05) is 60.7 Å². The van der Waals surface area contributed by atoms with Gasteiger partial charge in [-0.25, -0.2) is 13.1 Å². The van der Waals surface area contributed by atoms with Crippen LogP contribution in [-0.2, 0) is 21.7 Å². The Kier molecular flexibility index (Phi) is 7.42. The van der Waals surface area contributed by atoms with Crippen LogP contribution in [0.1, 0.15) is 56.0 Å². The maximum absolute atomic E-state index is 13.9. The number of rotatable bonds is 6. The molecule has 3 atom stereocenters. The standard InChI is InChI=1S/C29H29ClN4O5S2/c1-16-20(23(35)29(2,3)4)34-27(40)19(30)28(34)41(37,38)22(16)24-31-25(36)26(32-33(24)5)39-21(17-12-8-6-9-13-17)18-14-10-7-11-15-18/h6-15,19,21-22,28H,1-5H3/t19-,22?,28+/m0/s1. The number of hydrogen-bond acceptors (Lipinski definition) is 8. The molecule has 0 amide bonds. The van der Waals surface area contributed by atoms with Crippen molar-refractivity contribution in [1.82, 2.24) is 19.7 Å². The smallest absolute Gasteiger partial charge is 0.335 e. The number of ketones is 1. The topological polar surface area (TPSA) is 111 Å². The lowest BCUT2D eigenvalue weighted by Crippen LogP contribution is -2.68. The summed E-state index contributed by atoms with van der Waals surface area (Å²) in [6.07, 6.45) is -0.664. The predicted molar refractivity (Wildman–Crippen MR) is 159 cm³/mol. The number of aromatic nitrogens is 3. The van der Waals surface area contributed by atoms with E-state index in [9.17, 15) is 18.0 Å². The van der Waals surface area contributed by atoms with Gasteiger partial charge >= 0.3 is 11.4 Å². The van der Waals surface area contributed by atoms with Crippen molar-refractivity contribution in [3.63, 3.8) is 0 Å². The molecule has 0 radical (unpaired) electrons. The molecule has 0 spiro atoms. The minimum Gasteiger partial charge on any atom is -0.460 e. The van der Waals surface area contributed by atoms with Crippen molar-refractivity contribution in [1.29, 1.82) is 0 Å². The lowest BCUT2D eigenvalue weighted by Gasteiger charge is -2.52. The number of carbonyl (C=O) groups excluding carboxylic acids is 1. The molecule has 12 heteroatoms. The molecule has 0 N–H and O–H groups in total. The number of allylic oxidation sites excluding steroid dienone is 1. The van der Waals surface area contributed by atoms with Crippen LogP contribution in [0, 0.1) is 5.41 Å². The summed E-state index contributed by atoms with van der Waals surface area (Å²) in [5.74, 6) is -0.731. The summed E-state index contributed by atoms with van der Waals surface area (Å²) < 4.78 is 35.2. The fourth-order valence-corrected chi connectivity index (χ4v) is 8.61. The second-order valence-corrected chi connectivity index (χ2v) is 14.1. The third kappa shape index (κ3) is 4.89. The van der Waals surface area contributed by atoms with Gasteiger partial charge in [0.2, 0.25) is 0 Å². The summed E-state index contributed by atoms with van der Waals surface area (Å²) in [4.78, 5) is 32.6. The predicted octanol–water partition coefficient (Wildman–Crippen LogP) is 4.28. The first-order chi connectivity index (χ1) is 19.2. The van der Waals surface area contributed by atoms with E-state index < -0.39 is 42.9 Å². The average Bonchev–Trinajstić information content (AvgIpc) is 2.93. The van der Waals surface area contributed by atoms with Gasteiger partial charge in [0.15, 0.2) is 32.9 Å². The van der Waals surface area contributed by atoms with E-state index in [1.54, 1.807) is 27.7 Å². The fraction of sp³-hybridized carbons (Fsp3) is 0.345. The normalized spacial score (nSPS) is 21.9. The van der Waals surface area contributed by atoms with Crippen LogP contribution in [0.15, 0.2) is 76.7 Å². The molecule has 2 aliphatic heterocycles. The molecule has 1 fully saturated rings. The Hall–Kier alpha value is -3.41. The average molecular weight is 613 g/mol. The van der Waals surface area contributed by atoms with Crippen molar-refractivity contribution in [2.24, 2.45) is 12.5 Å². The first-order valence-corrected chi connectivity index (χ1v) is 15.4. The van der Waals surface area contributed by atoms with E-state index in [4.69, 9.17) is 28.6 Å². The van der Waals surface area contributed by atoms with E-state index in [1.165, 1.54) is 16.6 Å². The van der Waals surface area contributed by atoms with E-state index in [2.05, 4.69) is 10.1 Å². The SMILES string of the molecule is CC1=C(C(=O)C(C)(C)C)N2C(=S)[C@H](Cl)[C@H]2S(=O)(=O)C1c1nc(=O)c(OC(c2ccccc2)c2ccccc2)nn1C. The lowest BCUT2D eigenvalue weighted by molar-refractivity contribution is -0.124. The Morgan fingerprint density at radius 1 is 1.05 bits per heavy atom. The van der Waals surface area contributed by atoms with Gasteiger partial charge in [-0.1, -0.05) is 93.7 Å². The van der Waals surface area contributed by atoms with Gasteiger partial charge in [0.05, 0.1) is 5.70 Å². The Morgan fingerprint density at radius 3 is 2.10 bits per heavy atom. The number of hydrogen-bond donors (Lipinski definition) is 0. The number of thiocarbonyl (C=S) groups is 1. The van der Waals surface area contributed by atoms with Crippen molar-refractivity contribution >= 4 is 44.4 Å². The third-order valence-electron chi connectivity index (χ3n) is 7.19. The minimum atomic E-state index is -4.13. The molecular formula is C29H29ClN4O5S2. The van der Waals surface area contributed by atoms with E-state index in [0.717, 1.165) is 11.1 Å². The number of nitrogens with zero attached hydrogens (tertiary/aromatic N) is 4. The Morgan fingerprint density at radius 2 is 1.59 bits per heavy atom. The zero-order chi connectivity index (χ0) is 29.9. The highest BCUT2D eigenvalue weighted by Gasteiger charge is 2.61. The number of alkyl halides is 1. The van der Waals surface area contributed by atoms with Gasteiger partial charge in [-0.2, -0.15) is 4.98 Å². The first kappa shape index (κ1) is 29.1. The molecular weight excluding hydrogens is 584 g/mol. The molecule has 2 aliphatic rings. The van der Waals surface area contributed by atoms with Crippen LogP contribution >= 0.6 is 23.8 Å². The summed E-state index contributed by atoms with van der Waals surface area (Å²) in [6.45, 7) is 6.75. The molecule has 3 heterocycles. The minimum absolute atomic E-state index is 0.142. The second-order valence-electron chi connectivity index (χ2n) is 11.1. The number of aryl methyl sites for hydroxylation is 1. The van der Waals surface area contributed by atoms with Crippen LogP contribution in [0.2, 0.25) is 0 Å². The Bertz CT molecular complexity index is 1690. The Balaban J connectivity index is 1.62. The van der Waals surface area contributed by atoms with E-state index in [-0.39, 0.29) is 33.7 Å². The number of sulfone groups is 1. The van der Waals surface area contributed by atoms with Crippen LogP contribution in [-0.4, -0.2) is 49.6 Å². The summed E-state index contributed by atoms with van der Waals surface area (Å²) in [5, 5.41) is 0.626. The maximum atomic E-state index is 13.9. The molecule has 5 rings (SSSR count). The highest BCUT2D eigenvalue weighted by molar-refractivity contribution is 7.93. The van der Waals surface area contributed by atoms with Crippen molar-refractivity contribution in [3.05, 3.63) is 99.2 Å². The van der Waals surface area contributed by atoms with Crippen LogP contribution in [0.4, 0.5) is 0 Å². The summed E-state index contributed by atoms with van der Waals surface area (Å²) >= 11 is 11.8. The molecule has 0 bridgehead atoms. The molecule has 1 aromatic heterocycles.